The van der Waals surface area contributed by atoms with Gasteiger partial charge in [-0.05, 0) is 41.9 Å². The van der Waals surface area contributed by atoms with Gasteiger partial charge in [0.05, 0.1) is 10.0 Å². The fourth-order valence-corrected chi connectivity index (χ4v) is 1.70. The highest BCUT2D eigenvalue weighted by Crippen LogP contribution is 2.23. The number of Topliss-reactive ketones (excluding diaryl/α,β-unsaturated/α-hetero) is 1. The summed E-state index contributed by atoms with van der Waals surface area (Å²) in [5, 5.41) is 0. The summed E-state index contributed by atoms with van der Waals surface area (Å²) in [5.41, 5.74) is -0.656. The zero-order valence-electron chi connectivity index (χ0n) is 10.0. The molecule has 1 rings (SSSR count). The maximum absolute atomic E-state index is 13.7. The molecule has 100 valence electrons. The van der Waals surface area contributed by atoms with Gasteiger partial charge in [0.2, 0.25) is 12.1 Å². The molecule has 0 saturated heterocycles. The van der Waals surface area contributed by atoms with Crippen molar-refractivity contribution in [1.82, 2.24) is 0 Å². The van der Waals surface area contributed by atoms with Crippen LogP contribution in [0.2, 0.25) is 0 Å². The predicted octanol–water partition coefficient (Wildman–Crippen LogP) is 3.31. The Hall–Kier alpha value is -0.850. The van der Waals surface area contributed by atoms with Crippen LogP contribution in [0.4, 0.5) is 8.78 Å². The highest BCUT2D eigenvalue weighted by Gasteiger charge is 2.27. The number of halogens is 3. The molecule has 0 spiro atoms. The third-order valence-electron chi connectivity index (χ3n) is 2.14. The van der Waals surface area contributed by atoms with Gasteiger partial charge in [0, 0.05) is 13.2 Å². The molecule has 0 aromatic heterocycles. The van der Waals surface area contributed by atoms with E-state index in [1.165, 1.54) is 6.07 Å². The van der Waals surface area contributed by atoms with E-state index in [-0.39, 0.29) is 17.7 Å². The van der Waals surface area contributed by atoms with Gasteiger partial charge in [-0.1, -0.05) is 0 Å². The predicted molar refractivity (Wildman–Crippen MR) is 65.4 cm³/mol. The fourth-order valence-electron chi connectivity index (χ4n) is 1.37. The number of carbonyl (C=O) groups excluding carboxylic acids is 1. The molecule has 6 heteroatoms. The van der Waals surface area contributed by atoms with Crippen molar-refractivity contribution in [2.45, 2.75) is 20.1 Å². The number of ketones is 1. The van der Waals surface area contributed by atoms with Crippen molar-refractivity contribution < 1.29 is 23.0 Å². The van der Waals surface area contributed by atoms with Gasteiger partial charge < -0.3 is 9.47 Å². The Labute approximate surface area is 112 Å². The molecule has 18 heavy (non-hydrogen) atoms. The van der Waals surface area contributed by atoms with E-state index in [4.69, 9.17) is 9.47 Å². The smallest absolute Gasteiger partial charge is 0.224 e. The molecule has 0 bridgehead atoms. The first-order valence-corrected chi connectivity index (χ1v) is 6.23. The third-order valence-corrected chi connectivity index (χ3v) is 2.75. The summed E-state index contributed by atoms with van der Waals surface area (Å²) in [4.78, 5) is 12.0. The molecule has 0 aliphatic carbocycles. The Morgan fingerprint density at radius 3 is 2.33 bits per heavy atom. The van der Waals surface area contributed by atoms with E-state index < -0.39 is 29.3 Å². The number of rotatable bonds is 6. The molecule has 1 aromatic carbocycles. The number of hydrogen-bond donors (Lipinski definition) is 0. The Bertz CT molecular complexity index is 432. The highest BCUT2D eigenvalue weighted by atomic mass is 79.9. The third kappa shape index (κ3) is 3.34. The fraction of sp³-hybridized carbons (Fsp3) is 0.417. The minimum Gasteiger partial charge on any atom is -0.346 e. The molecule has 0 unspecified atom stereocenters. The Morgan fingerprint density at radius 1 is 1.28 bits per heavy atom. The first kappa shape index (κ1) is 15.2. The molecule has 0 aliphatic rings. The van der Waals surface area contributed by atoms with E-state index in [1.54, 1.807) is 13.8 Å². The van der Waals surface area contributed by atoms with Crippen molar-refractivity contribution in [3.63, 3.8) is 0 Å². The molecule has 3 nitrogen and oxygen atoms in total. The molecule has 0 N–H and O–H groups in total. The van der Waals surface area contributed by atoms with Gasteiger partial charge in [-0.25, -0.2) is 8.78 Å². The molecule has 0 saturated carbocycles. The number of ether oxygens (including phenoxy) is 2. The maximum Gasteiger partial charge on any atom is 0.224 e. The Balaban J connectivity index is 3.11. The lowest BCUT2D eigenvalue weighted by Gasteiger charge is -2.16. The second-order valence-corrected chi connectivity index (χ2v) is 4.18. The zero-order chi connectivity index (χ0) is 13.7. The number of hydrogen-bond acceptors (Lipinski definition) is 3. The van der Waals surface area contributed by atoms with Crippen molar-refractivity contribution in [1.29, 1.82) is 0 Å². The van der Waals surface area contributed by atoms with Crippen LogP contribution >= 0.6 is 15.9 Å². The molecule has 0 heterocycles. The number of benzene rings is 1. The van der Waals surface area contributed by atoms with E-state index in [0.29, 0.717) is 0 Å². The lowest BCUT2D eigenvalue weighted by atomic mass is 10.1. The second kappa shape index (κ2) is 6.92. The standard InChI is InChI=1S/C12H13BrF2O3/c1-3-17-12(18-4-2)11(16)9-8(14)6-5-7(13)10(9)15/h5-6,12H,3-4H2,1-2H3. The summed E-state index contributed by atoms with van der Waals surface area (Å²) in [5.74, 6) is -2.76. The lowest BCUT2D eigenvalue weighted by molar-refractivity contribution is -0.107. The SMILES string of the molecule is CCOC(OCC)C(=O)c1c(F)ccc(Br)c1F. The van der Waals surface area contributed by atoms with Gasteiger partial charge >= 0.3 is 0 Å². The van der Waals surface area contributed by atoms with Crippen molar-refractivity contribution >= 4 is 21.7 Å². The van der Waals surface area contributed by atoms with Crippen LogP contribution in [0.15, 0.2) is 16.6 Å². The quantitative estimate of drug-likeness (QED) is 0.458. The minimum atomic E-state index is -1.29. The van der Waals surface area contributed by atoms with Gasteiger partial charge in [-0.3, -0.25) is 4.79 Å². The van der Waals surface area contributed by atoms with E-state index in [1.807, 2.05) is 0 Å². The number of carbonyl (C=O) groups is 1. The molecule has 1 aromatic rings. The van der Waals surface area contributed by atoms with Gasteiger partial charge in [0.25, 0.3) is 0 Å². The molecular formula is C12H13BrF2O3. The van der Waals surface area contributed by atoms with E-state index >= 15 is 0 Å². The minimum absolute atomic E-state index is 0.0130. The Kier molecular flexibility index (Phi) is 5.84. The normalized spacial score (nSPS) is 11.0. The monoisotopic (exact) mass is 322 g/mol. The van der Waals surface area contributed by atoms with Crippen molar-refractivity contribution in [2.75, 3.05) is 13.2 Å². The van der Waals surface area contributed by atoms with Crippen LogP contribution in [0.25, 0.3) is 0 Å². The topological polar surface area (TPSA) is 35.5 Å². The second-order valence-electron chi connectivity index (χ2n) is 3.33. The van der Waals surface area contributed by atoms with Gasteiger partial charge in [0.1, 0.15) is 5.82 Å². The van der Waals surface area contributed by atoms with Crippen LogP contribution in [0, 0.1) is 11.6 Å². The van der Waals surface area contributed by atoms with E-state index in [2.05, 4.69) is 15.9 Å². The van der Waals surface area contributed by atoms with Crippen molar-refractivity contribution in [3.8, 4) is 0 Å². The van der Waals surface area contributed by atoms with Crippen molar-refractivity contribution in [2.24, 2.45) is 0 Å². The summed E-state index contributed by atoms with van der Waals surface area (Å²) in [7, 11) is 0. The first-order valence-electron chi connectivity index (χ1n) is 5.43. The van der Waals surface area contributed by atoms with Crippen molar-refractivity contribution in [3.05, 3.63) is 33.8 Å². The van der Waals surface area contributed by atoms with Crippen LogP contribution in [0.1, 0.15) is 24.2 Å². The Morgan fingerprint density at radius 2 is 1.83 bits per heavy atom. The molecule has 0 amide bonds. The van der Waals surface area contributed by atoms with Crippen LogP contribution in [0.5, 0.6) is 0 Å². The molecule has 0 fully saturated rings. The molecular weight excluding hydrogens is 310 g/mol. The van der Waals surface area contributed by atoms with E-state index in [0.717, 1.165) is 6.07 Å². The first-order chi connectivity index (χ1) is 8.52. The highest BCUT2D eigenvalue weighted by molar-refractivity contribution is 9.10. The van der Waals surface area contributed by atoms with Gasteiger partial charge in [-0.15, -0.1) is 0 Å². The summed E-state index contributed by atoms with van der Waals surface area (Å²) >= 11 is 2.90. The maximum atomic E-state index is 13.7. The van der Waals surface area contributed by atoms with Crippen LogP contribution in [0.3, 0.4) is 0 Å². The van der Waals surface area contributed by atoms with Crippen LogP contribution in [-0.2, 0) is 9.47 Å². The van der Waals surface area contributed by atoms with Gasteiger partial charge in [0.15, 0.2) is 5.82 Å². The summed E-state index contributed by atoms with van der Waals surface area (Å²) in [6, 6.07) is 2.20. The van der Waals surface area contributed by atoms with Crippen LogP contribution < -0.4 is 0 Å². The summed E-state index contributed by atoms with van der Waals surface area (Å²) < 4.78 is 37.3. The molecule has 0 aliphatic heterocycles. The average molecular weight is 323 g/mol. The van der Waals surface area contributed by atoms with E-state index in [9.17, 15) is 13.6 Å². The average Bonchev–Trinajstić information content (AvgIpc) is 2.34. The van der Waals surface area contributed by atoms with Gasteiger partial charge in [-0.2, -0.15) is 0 Å². The zero-order valence-corrected chi connectivity index (χ0v) is 11.6. The summed E-state index contributed by atoms with van der Waals surface area (Å²) in [6.45, 7) is 3.72. The summed E-state index contributed by atoms with van der Waals surface area (Å²) in [6.07, 6.45) is -1.29. The van der Waals surface area contributed by atoms with Crippen LogP contribution in [-0.4, -0.2) is 25.3 Å². The largest absolute Gasteiger partial charge is 0.346 e. The lowest BCUT2D eigenvalue weighted by Crippen LogP contribution is -2.29. The molecule has 0 atom stereocenters. The molecule has 0 radical (unpaired) electrons.